The lowest BCUT2D eigenvalue weighted by atomic mass is 10.1. The molecule has 0 unspecified atom stereocenters. The van der Waals surface area contributed by atoms with Gasteiger partial charge in [0.25, 0.3) is 0 Å². The van der Waals surface area contributed by atoms with Crippen molar-refractivity contribution in [3.8, 4) is 11.3 Å². The van der Waals surface area contributed by atoms with Gasteiger partial charge in [0.1, 0.15) is 0 Å². The summed E-state index contributed by atoms with van der Waals surface area (Å²) in [7, 11) is 0. The van der Waals surface area contributed by atoms with E-state index in [1.54, 1.807) is 11.3 Å². The molecule has 2 N–H and O–H groups in total. The van der Waals surface area contributed by atoms with Crippen LogP contribution in [0.1, 0.15) is 24.8 Å². The molecule has 1 fully saturated rings. The fourth-order valence-corrected chi connectivity index (χ4v) is 3.37. The molecule has 1 aromatic carbocycles. The Morgan fingerprint density at radius 2 is 2.05 bits per heavy atom. The van der Waals surface area contributed by atoms with Gasteiger partial charge in [-0.2, -0.15) is 0 Å². The highest BCUT2D eigenvalue weighted by Gasteiger charge is 2.14. The molecule has 2 heterocycles. The van der Waals surface area contributed by atoms with Crippen LogP contribution in [-0.2, 0) is 6.54 Å². The van der Waals surface area contributed by atoms with Crippen LogP contribution in [0.3, 0.4) is 0 Å². The molecule has 2 aromatic rings. The average Bonchev–Trinajstić information content (AvgIpc) is 2.98. The summed E-state index contributed by atoms with van der Waals surface area (Å²) in [5, 5.41) is 3.31. The minimum atomic E-state index is 0.580. The molecule has 1 aliphatic heterocycles. The Hall–Kier alpha value is -1.39. The van der Waals surface area contributed by atoms with Gasteiger partial charge in [0.05, 0.1) is 5.69 Å². The zero-order chi connectivity index (χ0) is 13.1. The molecule has 0 bridgehead atoms. The number of nitrogens with two attached hydrogens (primary N) is 1. The number of thiazole rings is 1. The standard InChI is InChI=1S/C15H19N3S/c16-10-12-5-4-6-13(9-12)14-11-19-15(17-14)18-7-2-1-3-8-18/h4-6,9,11H,1-3,7-8,10,16H2. The van der Waals surface area contributed by atoms with Crippen molar-refractivity contribution in [2.45, 2.75) is 25.8 Å². The van der Waals surface area contributed by atoms with E-state index >= 15 is 0 Å². The third-order valence-electron chi connectivity index (χ3n) is 3.58. The Morgan fingerprint density at radius 1 is 1.21 bits per heavy atom. The molecule has 0 radical (unpaired) electrons. The molecule has 0 spiro atoms. The van der Waals surface area contributed by atoms with Crippen LogP contribution in [0.5, 0.6) is 0 Å². The average molecular weight is 273 g/mol. The summed E-state index contributed by atoms with van der Waals surface area (Å²) in [6, 6.07) is 8.35. The van der Waals surface area contributed by atoms with Crippen molar-refractivity contribution in [3.63, 3.8) is 0 Å². The van der Waals surface area contributed by atoms with Crippen molar-refractivity contribution < 1.29 is 0 Å². The van der Waals surface area contributed by atoms with Gasteiger partial charge in [0.2, 0.25) is 0 Å². The molecule has 100 valence electrons. The second-order valence-electron chi connectivity index (χ2n) is 4.97. The molecule has 4 heteroatoms. The molecular formula is C15H19N3S. The van der Waals surface area contributed by atoms with Crippen LogP contribution in [0, 0.1) is 0 Å². The number of hydrogen-bond acceptors (Lipinski definition) is 4. The maximum Gasteiger partial charge on any atom is 0.185 e. The lowest BCUT2D eigenvalue weighted by Crippen LogP contribution is -2.29. The summed E-state index contributed by atoms with van der Waals surface area (Å²) in [4.78, 5) is 7.19. The molecule has 3 rings (SSSR count). The number of piperidine rings is 1. The first-order valence-corrected chi connectivity index (χ1v) is 7.74. The lowest BCUT2D eigenvalue weighted by molar-refractivity contribution is 0.577. The molecule has 0 amide bonds. The van der Waals surface area contributed by atoms with E-state index in [9.17, 15) is 0 Å². The van der Waals surface area contributed by atoms with Crippen molar-refractivity contribution in [1.29, 1.82) is 0 Å². The molecule has 0 saturated carbocycles. The second-order valence-corrected chi connectivity index (χ2v) is 5.80. The lowest BCUT2D eigenvalue weighted by Gasteiger charge is -2.25. The molecule has 1 aromatic heterocycles. The van der Waals surface area contributed by atoms with Gasteiger partial charge >= 0.3 is 0 Å². The van der Waals surface area contributed by atoms with E-state index in [0.29, 0.717) is 6.54 Å². The van der Waals surface area contributed by atoms with Crippen molar-refractivity contribution in [2.75, 3.05) is 18.0 Å². The van der Waals surface area contributed by atoms with Gasteiger partial charge in [0, 0.05) is 30.6 Å². The first kappa shape index (κ1) is 12.6. The minimum absolute atomic E-state index is 0.580. The fraction of sp³-hybridized carbons (Fsp3) is 0.400. The largest absolute Gasteiger partial charge is 0.348 e. The zero-order valence-electron chi connectivity index (χ0n) is 11.0. The number of anilines is 1. The SMILES string of the molecule is NCc1cccc(-c2csc(N3CCCCC3)n2)c1. The van der Waals surface area contributed by atoms with Gasteiger partial charge in [-0.25, -0.2) is 4.98 Å². The van der Waals surface area contributed by atoms with E-state index < -0.39 is 0 Å². The van der Waals surface area contributed by atoms with Crippen LogP contribution >= 0.6 is 11.3 Å². The Labute approximate surface area is 118 Å². The summed E-state index contributed by atoms with van der Waals surface area (Å²) < 4.78 is 0. The van der Waals surface area contributed by atoms with Crippen LogP contribution < -0.4 is 10.6 Å². The minimum Gasteiger partial charge on any atom is -0.348 e. The highest BCUT2D eigenvalue weighted by atomic mass is 32.1. The second kappa shape index (κ2) is 5.72. The van der Waals surface area contributed by atoms with Gasteiger partial charge in [-0.1, -0.05) is 18.2 Å². The number of nitrogens with zero attached hydrogens (tertiary/aromatic N) is 2. The predicted molar refractivity (Wildman–Crippen MR) is 81.5 cm³/mol. The monoisotopic (exact) mass is 273 g/mol. The van der Waals surface area contributed by atoms with Crippen LogP contribution in [0.4, 0.5) is 5.13 Å². The highest BCUT2D eigenvalue weighted by molar-refractivity contribution is 7.14. The highest BCUT2D eigenvalue weighted by Crippen LogP contribution is 2.29. The van der Waals surface area contributed by atoms with Gasteiger partial charge in [0.15, 0.2) is 5.13 Å². The molecule has 0 atom stereocenters. The summed E-state index contributed by atoms with van der Waals surface area (Å²) in [6.07, 6.45) is 3.93. The Bertz CT molecular complexity index is 544. The summed E-state index contributed by atoms with van der Waals surface area (Å²) in [5.41, 5.74) is 9.09. The number of hydrogen-bond donors (Lipinski definition) is 1. The van der Waals surface area contributed by atoms with Crippen LogP contribution in [0.2, 0.25) is 0 Å². The van der Waals surface area contributed by atoms with Crippen LogP contribution in [-0.4, -0.2) is 18.1 Å². The quantitative estimate of drug-likeness (QED) is 0.933. The number of rotatable bonds is 3. The van der Waals surface area contributed by atoms with Crippen LogP contribution in [0.15, 0.2) is 29.6 Å². The molecule has 3 nitrogen and oxygen atoms in total. The maximum absolute atomic E-state index is 5.69. The van der Waals surface area contributed by atoms with E-state index in [0.717, 1.165) is 29.5 Å². The van der Waals surface area contributed by atoms with Gasteiger partial charge in [-0.15, -0.1) is 11.3 Å². The van der Waals surface area contributed by atoms with E-state index in [2.05, 4.69) is 34.5 Å². The van der Waals surface area contributed by atoms with E-state index in [4.69, 9.17) is 10.7 Å². The third-order valence-corrected chi connectivity index (χ3v) is 4.48. The first-order valence-electron chi connectivity index (χ1n) is 6.86. The van der Waals surface area contributed by atoms with Gasteiger partial charge < -0.3 is 10.6 Å². The van der Waals surface area contributed by atoms with E-state index in [-0.39, 0.29) is 0 Å². The smallest absolute Gasteiger partial charge is 0.185 e. The molecular weight excluding hydrogens is 254 g/mol. The van der Waals surface area contributed by atoms with Crippen molar-refractivity contribution in [1.82, 2.24) is 4.98 Å². The normalized spacial score (nSPS) is 15.7. The van der Waals surface area contributed by atoms with E-state index in [1.807, 2.05) is 0 Å². The summed E-state index contributed by atoms with van der Waals surface area (Å²) >= 11 is 1.75. The van der Waals surface area contributed by atoms with E-state index in [1.165, 1.54) is 24.8 Å². The molecule has 19 heavy (non-hydrogen) atoms. The van der Waals surface area contributed by atoms with Gasteiger partial charge in [-0.05, 0) is 30.9 Å². The first-order chi connectivity index (χ1) is 9.36. The van der Waals surface area contributed by atoms with Crippen molar-refractivity contribution >= 4 is 16.5 Å². The molecule has 1 saturated heterocycles. The Kier molecular flexibility index (Phi) is 3.80. The van der Waals surface area contributed by atoms with Crippen molar-refractivity contribution in [3.05, 3.63) is 35.2 Å². The van der Waals surface area contributed by atoms with Crippen molar-refractivity contribution in [2.24, 2.45) is 5.73 Å². The molecule has 1 aliphatic rings. The Balaban J connectivity index is 1.83. The van der Waals surface area contributed by atoms with Gasteiger partial charge in [-0.3, -0.25) is 0 Å². The maximum atomic E-state index is 5.69. The number of benzene rings is 1. The Morgan fingerprint density at radius 3 is 2.84 bits per heavy atom. The van der Waals surface area contributed by atoms with Crippen LogP contribution in [0.25, 0.3) is 11.3 Å². The number of aromatic nitrogens is 1. The predicted octanol–water partition coefficient (Wildman–Crippen LogP) is 3.26. The third kappa shape index (κ3) is 2.80. The fourth-order valence-electron chi connectivity index (χ4n) is 2.48. The summed E-state index contributed by atoms with van der Waals surface area (Å²) in [5.74, 6) is 0. The molecule has 0 aliphatic carbocycles. The topological polar surface area (TPSA) is 42.1 Å². The zero-order valence-corrected chi connectivity index (χ0v) is 11.8. The summed E-state index contributed by atoms with van der Waals surface area (Å²) in [6.45, 7) is 2.88.